The van der Waals surface area contributed by atoms with Crippen molar-refractivity contribution in [1.82, 2.24) is 20.2 Å². The van der Waals surface area contributed by atoms with Gasteiger partial charge in [0.2, 0.25) is 0 Å². The molecule has 0 aliphatic carbocycles. The van der Waals surface area contributed by atoms with Gasteiger partial charge < -0.3 is 9.73 Å². The van der Waals surface area contributed by atoms with Crippen molar-refractivity contribution in [2.45, 2.75) is 13.5 Å². The van der Waals surface area contributed by atoms with Crippen LogP contribution in [0, 0.1) is 6.92 Å². The molecule has 2 aromatic heterocycles. The van der Waals surface area contributed by atoms with Gasteiger partial charge in [0.1, 0.15) is 12.1 Å². The molecule has 20 heavy (non-hydrogen) atoms. The number of benzene rings is 1. The number of nitrogens with zero attached hydrogens (tertiary/aromatic N) is 4. The molecule has 2 heterocycles. The van der Waals surface area contributed by atoms with Crippen molar-refractivity contribution >= 4 is 21.6 Å². The molecule has 0 aliphatic heterocycles. The number of furan rings is 1. The Hall–Kier alpha value is -2.15. The fourth-order valence-electron chi connectivity index (χ4n) is 1.87. The molecule has 102 valence electrons. The van der Waals surface area contributed by atoms with Gasteiger partial charge in [0.15, 0.2) is 0 Å². The van der Waals surface area contributed by atoms with Crippen LogP contribution in [0.2, 0.25) is 0 Å². The zero-order valence-electron chi connectivity index (χ0n) is 10.7. The Morgan fingerprint density at radius 3 is 2.95 bits per heavy atom. The summed E-state index contributed by atoms with van der Waals surface area (Å²) in [5, 5.41) is 14.5. The summed E-state index contributed by atoms with van der Waals surface area (Å²) < 4.78 is 7.96. The van der Waals surface area contributed by atoms with E-state index in [1.54, 1.807) is 17.3 Å². The normalized spacial score (nSPS) is 10.7. The first kappa shape index (κ1) is 12.9. The summed E-state index contributed by atoms with van der Waals surface area (Å²) in [5.41, 5.74) is 3.02. The molecule has 0 atom stereocenters. The maximum absolute atomic E-state index is 5.37. The molecule has 7 heteroatoms. The van der Waals surface area contributed by atoms with Gasteiger partial charge in [-0.05, 0) is 57.0 Å². The molecule has 1 aromatic carbocycles. The van der Waals surface area contributed by atoms with Crippen molar-refractivity contribution in [1.29, 1.82) is 0 Å². The molecule has 1 N–H and O–H groups in total. The third kappa shape index (κ3) is 2.57. The highest BCUT2D eigenvalue weighted by atomic mass is 79.9. The van der Waals surface area contributed by atoms with E-state index in [0.717, 1.165) is 27.2 Å². The molecule has 3 aromatic rings. The summed E-state index contributed by atoms with van der Waals surface area (Å²) in [6.07, 6.45) is 3.23. The van der Waals surface area contributed by atoms with Crippen LogP contribution in [0.3, 0.4) is 0 Å². The highest BCUT2D eigenvalue weighted by molar-refractivity contribution is 9.10. The lowest BCUT2D eigenvalue weighted by molar-refractivity contribution is 0.516. The topological polar surface area (TPSA) is 68.8 Å². The van der Waals surface area contributed by atoms with Crippen LogP contribution in [-0.4, -0.2) is 20.2 Å². The third-order valence-corrected chi connectivity index (χ3v) is 3.66. The molecule has 6 nitrogen and oxygen atoms in total. The number of hydrogen-bond donors (Lipinski definition) is 1. The molecular formula is C13H12BrN5O. The van der Waals surface area contributed by atoms with Crippen molar-refractivity contribution in [3.8, 4) is 5.69 Å². The second-order valence-corrected chi connectivity index (χ2v) is 5.16. The minimum atomic E-state index is 0.603. The van der Waals surface area contributed by atoms with Gasteiger partial charge in [0.25, 0.3) is 0 Å². The Labute approximate surface area is 123 Å². The minimum absolute atomic E-state index is 0.603. The minimum Gasteiger partial charge on any atom is -0.466 e. The first-order chi connectivity index (χ1) is 9.74. The number of aryl methyl sites for hydroxylation is 1. The summed E-state index contributed by atoms with van der Waals surface area (Å²) in [6, 6.07) is 7.91. The quantitative estimate of drug-likeness (QED) is 0.794. The third-order valence-electron chi connectivity index (χ3n) is 2.95. The van der Waals surface area contributed by atoms with E-state index in [9.17, 15) is 0 Å². The summed E-state index contributed by atoms with van der Waals surface area (Å²) in [5.74, 6) is 0.856. The number of tetrazole rings is 1. The van der Waals surface area contributed by atoms with Gasteiger partial charge in [-0.25, -0.2) is 4.68 Å². The first-order valence-corrected chi connectivity index (χ1v) is 6.83. The van der Waals surface area contributed by atoms with Gasteiger partial charge in [-0.3, -0.25) is 0 Å². The largest absolute Gasteiger partial charge is 0.466 e. The molecular weight excluding hydrogens is 322 g/mol. The molecule has 0 amide bonds. The van der Waals surface area contributed by atoms with Gasteiger partial charge >= 0.3 is 0 Å². The summed E-state index contributed by atoms with van der Waals surface area (Å²) in [6.45, 7) is 2.62. The van der Waals surface area contributed by atoms with Gasteiger partial charge in [-0.15, -0.1) is 5.10 Å². The summed E-state index contributed by atoms with van der Waals surface area (Å²) >= 11 is 3.43. The zero-order valence-corrected chi connectivity index (χ0v) is 12.3. The highest BCUT2D eigenvalue weighted by Gasteiger charge is 2.06. The smallest absolute Gasteiger partial charge is 0.143 e. The fourth-order valence-corrected chi connectivity index (χ4v) is 2.21. The van der Waals surface area contributed by atoms with Crippen LogP contribution >= 0.6 is 15.9 Å². The highest BCUT2D eigenvalue weighted by Crippen LogP contribution is 2.21. The Morgan fingerprint density at radius 1 is 1.35 bits per heavy atom. The number of anilines is 1. The predicted octanol–water partition coefficient (Wildman–Crippen LogP) is 2.94. The first-order valence-electron chi connectivity index (χ1n) is 6.04. The maximum Gasteiger partial charge on any atom is 0.143 e. The lowest BCUT2D eigenvalue weighted by Gasteiger charge is -2.09. The maximum atomic E-state index is 5.37. The van der Waals surface area contributed by atoms with E-state index in [0.29, 0.717) is 6.54 Å². The number of hydrogen-bond acceptors (Lipinski definition) is 5. The van der Waals surface area contributed by atoms with Crippen LogP contribution in [0.5, 0.6) is 0 Å². The van der Waals surface area contributed by atoms with E-state index in [1.807, 2.05) is 31.2 Å². The zero-order chi connectivity index (χ0) is 13.9. The predicted molar refractivity (Wildman–Crippen MR) is 77.6 cm³/mol. The van der Waals surface area contributed by atoms with Crippen molar-refractivity contribution in [3.63, 3.8) is 0 Å². The second-order valence-electron chi connectivity index (χ2n) is 4.30. The Morgan fingerprint density at radius 2 is 2.25 bits per heavy atom. The molecule has 0 fully saturated rings. The lowest BCUT2D eigenvalue weighted by atomic mass is 10.2. The van der Waals surface area contributed by atoms with Crippen LogP contribution in [-0.2, 0) is 6.54 Å². The Balaban J connectivity index is 1.81. The molecule has 3 rings (SSSR count). The van der Waals surface area contributed by atoms with Crippen molar-refractivity contribution in [2.75, 3.05) is 5.32 Å². The molecule has 0 radical (unpaired) electrons. The number of rotatable bonds is 4. The van der Waals surface area contributed by atoms with Crippen molar-refractivity contribution in [2.24, 2.45) is 0 Å². The second kappa shape index (κ2) is 5.46. The van der Waals surface area contributed by atoms with E-state index in [4.69, 9.17) is 4.42 Å². The van der Waals surface area contributed by atoms with Crippen LogP contribution in [0.15, 0.2) is 45.7 Å². The molecule has 0 bridgehead atoms. The van der Waals surface area contributed by atoms with E-state index >= 15 is 0 Å². The molecule has 0 saturated heterocycles. The summed E-state index contributed by atoms with van der Waals surface area (Å²) in [7, 11) is 0. The van der Waals surface area contributed by atoms with E-state index in [2.05, 4.69) is 36.8 Å². The van der Waals surface area contributed by atoms with Gasteiger partial charge in [0.05, 0.1) is 23.0 Å². The molecule has 0 unspecified atom stereocenters. The fraction of sp³-hybridized carbons (Fsp3) is 0.154. The van der Waals surface area contributed by atoms with Crippen LogP contribution in [0.4, 0.5) is 5.69 Å². The number of nitrogens with one attached hydrogen (secondary N) is 1. The molecule has 0 spiro atoms. The van der Waals surface area contributed by atoms with Crippen molar-refractivity contribution < 1.29 is 4.42 Å². The van der Waals surface area contributed by atoms with Crippen molar-refractivity contribution in [3.05, 3.63) is 52.7 Å². The standard InChI is InChI=1S/C13H12BrN5O/c1-9-2-3-10(6-12(9)19-8-16-17-18-19)15-7-13-11(14)4-5-20-13/h2-6,8,15H,7H2,1H3. The molecule has 0 saturated carbocycles. The average Bonchev–Trinajstić information content (AvgIpc) is 3.09. The van der Waals surface area contributed by atoms with E-state index in [-0.39, 0.29) is 0 Å². The molecule has 0 aliphatic rings. The van der Waals surface area contributed by atoms with Crippen LogP contribution in [0.25, 0.3) is 5.69 Å². The van der Waals surface area contributed by atoms with E-state index < -0.39 is 0 Å². The Kier molecular flexibility index (Phi) is 3.51. The van der Waals surface area contributed by atoms with Gasteiger partial charge in [-0.1, -0.05) is 6.07 Å². The Bertz CT molecular complexity index is 707. The van der Waals surface area contributed by atoms with Gasteiger partial charge in [0, 0.05) is 5.69 Å². The van der Waals surface area contributed by atoms with E-state index in [1.165, 1.54) is 0 Å². The lowest BCUT2D eigenvalue weighted by Crippen LogP contribution is -2.02. The SMILES string of the molecule is Cc1ccc(NCc2occc2Br)cc1-n1cnnn1. The number of halogens is 1. The average molecular weight is 334 g/mol. The number of aromatic nitrogens is 4. The summed E-state index contributed by atoms with van der Waals surface area (Å²) in [4.78, 5) is 0. The van der Waals surface area contributed by atoms with Crippen LogP contribution in [0.1, 0.15) is 11.3 Å². The van der Waals surface area contributed by atoms with Crippen LogP contribution < -0.4 is 5.32 Å². The van der Waals surface area contributed by atoms with Gasteiger partial charge in [-0.2, -0.15) is 0 Å². The monoisotopic (exact) mass is 333 g/mol.